The maximum Gasteiger partial charge on any atom is 0.303 e. The fraction of sp³-hybridized carbons (Fsp3) is 0.435. The van der Waals surface area contributed by atoms with Gasteiger partial charge in [-0.15, -0.1) is 0 Å². The van der Waals surface area contributed by atoms with Crippen LogP contribution in [0.2, 0.25) is 0 Å². The van der Waals surface area contributed by atoms with Crippen molar-refractivity contribution in [2.24, 2.45) is 0 Å². The van der Waals surface area contributed by atoms with Gasteiger partial charge in [-0.3, -0.25) is 14.5 Å². The van der Waals surface area contributed by atoms with Crippen molar-refractivity contribution in [2.75, 3.05) is 26.2 Å². The molecule has 0 radical (unpaired) electrons. The molecular weight excluding hydrogens is 396 g/mol. The summed E-state index contributed by atoms with van der Waals surface area (Å²) >= 11 is 0. The smallest absolute Gasteiger partial charge is 0.303 e. The molecule has 1 fully saturated rings. The molecule has 0 aliphatic carbocycles. The number of rotatable bonds is 7. The number of hydrogen-bond acceptors (Lipinski definition) is 6. The molecule has 1 aliphatic heterocycles. The molecule has 8 heteroatoms. The van der Waals surface area contributed by atoms with Crippen LogP contribution in [0.5, 0.6) is 0 Å². The van der Waals surface area contributed by atoms with Gasteiger partial charge in [0.2, 0.25) is 5.91 Å². The Hall–Kier alpha value is -3.13. The second kappa shape index (κ2) is 9.78. The van der Waals surface area contributed by atoms with Crippen LogP contribution >= 0.6 is 0 Å². The zero-order valence-electron chi connectivity index (χ0n) is 17.8. The predicted octanol–water partition coefficient (Wildman–Crippen LogP) is 2.89. The van der Waals surface area contributed by atoms with E-state index in [-0.39, 0.29) is 18.5 Å². The number of nitrogens with one attached hydrogen (secondary N) is 1. The summed E-state index contributed by atoms with van der Waals surface area (Å²) < 4.78 is 10.7. The standard InChI is InChI=1S/C23H28N4O4/c1-17(28)30-16-19-8-7-18(31-19)15-26-11-4-12-27(14-13-26)23(29)10-9-22-24-20-5-2-3-6-21(20)25-22/h2-3,5-8H,4,9-16H2,1H3,(H,24,25). The largest absolute Gasteiger partial charge is 0.461 e. The first kappa shape index (κ1) is 21.1. The van der Waals surface area contributed by atoms with Gasteiger partial charge in [-0.05, 0) is 30.7 Å². The van der Waals surface area contributed by atoms with Crippen molar-refractivity contribution in [2.45, 2.75) is 39.3 Å². The summed E-state index contributed by atoms with van der Waals surface area (Å²) in [4.78, 5) is 35.8. The number of fused-ring (bicyclic) bond motifs is 1. The average molecular weight is 425 g/mol. The molecule has 0 saturated carbocycles. The van der Waals surface area contributed by atoms with Crippen molar-refractivity contribution < 1.29 is 18.7 Å². The Morgan fingerprint density at radius 3 is 2.77 bits per heavy atom. The molecular formula is C23H28N4O4. The quantitative estimate of drug-likeness (QED) is 0.587. The highest BCUT2D eigenvalue weighted by Gasteiger charge is 2.20. The lowest BCUT2D eigenvalue weighted by Gasteiger charge is -2.21. The molecule has 164 valence electrons. The summed E-state index contributed by atoms with van der Waals surface area (Å²) in [5, 5.41) is 0. The van der Waals surface area contributed by atoms with E-state index in [0.29, 0.717) is 31.7 Å². The number of benzene rings is 1. The first-order chi connectivity index (χ1) is 15.1. The van der Waals surface area contributed by atoms with Crippen LogP contribution in [0.25, 0.3) is 11.0 Å². The van der Waals surface area contributed by atoms with Crippen LogP contribution in [0.3, 0.4) is 0 Å². The number of carbonyl (C=O) groups is 2. The molecule has 3 aromatic rings. The van der Waals surface area contributed by atoms with E-state index in [4.69, 9.17) is 9.15 Å². The minimum atomic E-state index is -0.324. The van der Waals surface area contributed by atoms with E-state index in [1.165, 1.54) is 6.92 Å². The number of aromatic nitrogens is 2. The van der Waals surface area contributed by atoms with Crippen LogP contribution in [0.1, 0.15) is 37.1 Å². The number of nitrogens with zero attached hydrogens (tertiary/aromatic N) is 3. The Morgan fingerprint density at radius 1 is 1.10 bits per heavy atom. The summed E-state index contributed by atoms with van der Waals surface area (Å²) in [6, 6.07) is 11.7. The molecule has 0 atom stereocenters. The second-order valence-electron chi connectivity index (χ2n) is 7.86. The predicted molar refractivity (Wildman–Crippen MR) is 115 cm³/mol. The monoisotopic (exact) mass is 424 g/mol. The van der Waals surface area contributed by atoms with Crippen molar-refractivity contribution in [1.29, 1.82) is 0 Å². The summed E-state index contributed by atoms with van der Waals surface area (Å²) in [6.07, 6.45) is 2.00. The highest BCUT2D eigenvalue weighted by molar-refractivity contribution is 5.77. The van der Waals surface area contributed by atoms with Crippen molar-refractivity contribution in [3.63, 3.8) is 0 Å². The number of imidazole rings is 1. The zero-order chi connectivity index (χ0) is 21.6. The molecule has 2 aromatic heterocycles. The lowest BCUT2D eigenvalue weighted by molar-refractivity contribution is -0.142. The minimum absolute atomic E-state index is 0.156. The third-order valence-electron chi connectivity index (χ3n) is 5.47. The molecule has 0 unspecified atom stereocenters. The van der Waals surface area contributed by atoms with Gasteiger partial charge in [-0.2, -0.15) is 0 Å². The number of H-pyrrole nitrogens is 1. The lowest BCUT2D eigenvalue weighted by atomic mass is 10.2. The summed E-state index contributed by atoms with van der Waals surface area (Å²) in [5.41, 5.74) is 1.94. The van der Waals surface area contributed by atoms with Crippen LogP contribution in [0.15, 0.2) is 40.8 Å². The van der Waals surface area contributed by atoms with E-state index in [1.54, 1.807) is 0 Å². The number of carbonyl (C=O) groups excluding carboxylic acids is 2. The van der Waals surface area contributed by atoms with Crippen LogP contribution in [0, 0.1) is 0 Å². The Bertz CT molecular complexity index is 1010. The van der Waals surface area contributed by atoms with E-state index in [0.717, 1.165) is 48.7 Å². The Kier molecular flexibility index (Phi) is 6.66. The molecule has 0 spiro atoms. The summed E-state index contributed by atoms with van der Waals surface area (Å²) in [5.74, 6) is 2.18. The number of hydrogen-bond donors (Lipinski definition) is 1. The zero-order valence-corrected chi connectivity index (χ0v) is 17.8. The van der Waals surface area contributed by atoms with Gasteiger partial charge in [0.1, 0.15) is 24.0 Å². The maximum atomic E-state index is 12.7. The van der Waals surface area contributed by atoms with Crippen LogP contribution < -0.4 is 0 Å². The highest BCUT2D eigenvalue weighted by atomic mass is 16.5. The van der Waals surface area contributed by atoms with E-state index in [9.17, 15) is 9.59 Å². The molecule has 0 bridgehead atoms. The van der Waals surface area contributed by atoms with Gasteiger partial charge >= 0.3 is 5.97 Å². The third-order valence-corrected chi connectivity index (χ3v) is 5.47. The van der Waals surface area contributed by atoms with E-state index >= 15 is 0 Å². The molecule has 1 aromatic carbocycles. The molecule has 8 nitrogen and oxygen atoms in total. The van der Waals surface area contributed by atoms with Gasteiger partial charge in [-0.25, -0.2) is 4.98 Å². The Labute approximate surface area is 181 Å². The van der Waals surface area contributed by atoms with Gasteiger partial charge in [-0.1, -0.05) is 12.1 Å². The topological polar surface area (TPSA) is 91.7 Å². The first-order valence-electron chi connectivity index (χ1n) is 10.7. The number of aryl methyl sites for hydroxylation is 1. The van der Waals surface area contributed by atoms with E-state index < -0.39 is 0 Å². The highest BCUT2D eigenvalue weighted by Crippen LogP contribution is 2.15. The second-order valence-corrected chi connectivity index (χ2v) is 7.86. The lowest BCUT2D eigenvalue weighted by Crippen LogP contribution is -2.35. The third kappa shape index (κ3) is 5.73. The average Bonchev–Trinajstić information content (AvgIpc) is 3.31. The van der Waals surface area contributed by atoms with Gasteiger partial charge in [0, 0.05) is 45.9 Å². The molecule has 4 rings (SSSR count). The Morgan fingerprint density at radius 2 is 1.94 bits per heavy atom. The van der Waals surface area contributed by atoms with Crippen molar-refractivity contribution >= 4 is 22.9 Å². The van der Waals surface area contributed by atoms with Gasteiger partial charge in [0.25, 0.3) is 0 Å². The summed E-state index contributed by atoms with van der Waals surface area (Å²) in [6.45, 7) is 5.41. The SMILES string of the molecule is CC(=O)OCc1ccc(CN2CCCN(C(=O)CCc3nc4ccccc4[nH]3)CC2)o1. The van der Waals surface area contributed by atoms with Gasteiger partial charge in [0.05, 0.1) is 17.6 Å². The molecule has 1 N–H and O–H groups in total. The van der Waals surface area contributed by atoms with Crippen molar-refractivity contribution in [1.82, 2.24) is 19.8 Å². The van der Waals surface area contributed by atoms with Gasteiger partial charge < -0.3 is 19.0 Å². The van der Waals surface area contributed by atoms with Gasteiger partial charge in [0.15, 0.2) is 0 Å². The number of furan rings is 1. The molecule has 31 heavy (non-hydrogen) atoms. The molecule has 1 aliphatic rings. The number of esters is 1. The fourth-order valence-electron chi connectivity index (χ4n) is 3.86. The van der Waals surface area contributed by atoms with Crippen LogP contribution in [-0.2, 0) is 33.9 Å². The number of para-hydroxylation sites is 2. The number of amides is 1. The number of aromatic amines is 1. The fourth-order valence-corrected chi connectivity index (χ4v) is 3.86. The molecule has 1 saturated heterocycles. The van der Waals surface area contributed by atoms with Crippen molar-refractivity contribution in [3.8, 4) is 0 Å². The molecule has 3 heterocycles. The first-order valence-corrected chi connectivity index (χ1v) is 10.7. The van der Waals surface area contributed by atoms with Crippen molar-refractivity contribution in [3.05, 3.63) is 53.7 Å². The normalized spacial score (nSPS) is 15.2. The summed E-state index contributed by atoms with van der Waals surface area (Å²) in [7, 11) is 0. The van der Waals surface area contributed by atoms with E-state index in [2.05, 4.69) is 14.9 Å². The van der Waals surface area contributed by atoms with Crippen LogP contribution in [0.4, 0.5) is 0 Å². The number of ether oxygens (including phenoxy) is 1. The Balaban J connectivity index is 1.24. The minimum Gasteiger partial charge on any atom is -0.461 e. The van der Waals surface area contributed by atoms with E-state index in [1.807, 2.05) is 41.3 Å². The molecule has 1 amide bonds. The maximum absolute atomic E-state index is 12.7. The van der Waals surface area contributed by atoms with Crippen LogP contribution in [-0.4, -0.2) is 57.8 Å².